The third-order valence-corrected chi connectivity index (χ3v) is 4.69. The number of rotatable bonds is 6. The first kappa shape index (κ1) is 17.1. The van der Waals surface area contributed by atoms with Crippen LogP contribution in [0.1, 0.15) is 63.9 Å². The van der Waals surface area contributed by atoms with Crippen LogP contribution in [0.5, 0.6) is 0 Å². The van der Waals surface area contributed by atoms with E-state index in [4.69, 9.17) is 0 Å². The summed E-state index contributed by atoms with van der Waals surface area (Å²) >= 11 is 0. The summed E-state index contributed by atoms with van der Waals surface area (Å²) in [6.45, 7) is 2.22. The number of allylic oxidation sites excluding steroid dienone is 1. The summed E-state index contributed by atoms with van der Waals surface area (Å²) in [4.78, 5) is 0. The normalized spacial score (nSPS) is 22.4. The van der Waals surface area contributed by atoms with Gasteiger partial charge in [0.1, 0.15) is 5.82 Å². The van der Waals surface area contributed by atoms with Crippen molar-refractivity contribution in [1.82, 2.24) is 0 Å². The van der Waals surface area contributed by atoms with Crippen LogP contribution < -0.4 is 0 Å². The van der Waals surface area contributed by atoms with Crippen LogP contribution in [0, 0.1) is 29.3 Å². The molecule has 1 saturated carbocycles. The van der Waals surface area contributed by atoms with Gasteiger partial charge in [0, 0.05) is 11.6 Å². The summed E-state index contributed by atoms with van der Waals surface area (Å²) in [5, 5.41) is 0. The number of halogens is 3. The molecule has 0 heterocycles. The van der Waals surface area contributed by atoms with Crippen LogP contribution in [0.4, 0.5) is 13.2 Å². The van der Waals surface area contributed by atoms with Crippen molar-refractivity contribution < 1.29 is 13.2 Å². The van der Waals surface area contributed by atoms with E-state index >= 15 is 0 Å². The molecular weight excluding hydrogens is 285 g/mol. The highest BCUT2D eigenvalue weighted by atomic mass is 19.2. The number of hydrogen-bond acceptors (Lipinski definition) is 0. The van der Waals surface area contributed by atoms with E-state index in [1.54, 1.807) is 6.08 Å². The zero-order chi connectivity index (χ0) is 15.9. The molecule has 22 heavy (non-hydrogen) atoms. The van der Waals surface area contributed by atoms with Gasteiger partial charge in [-0.2, -0.15) is 0 Å². The van der Waals surface area contributed by atoms with Gasteiger partial charge in [-0.3, -0.25) is 0 Å². The molecule has 1 aromatic rings. The first-order valence-corrected chi connectivity index (χ1v) is 8.43. The summed E-state index contributed by atoms with van der Waals surface area (Å²) in [6, 6.07) is 1.54. The molecule has 0 saturated heterocycles. The molecule has 0 N–H and O–H groups in total. The highest BCUT2D eigenvalue weighted by Crippen LogP contribution is 2.33. The van der Waals surface area contributed by atoms with Gasteiger partial charge in [-0.25, -0.2) is 13.2 Å². The minimum absolute atomic E-state index is 0.129. The van der Waals surface area contributed by atoms with Crippen molar-refractivity contribution in [3.05, 3.63) is 41.2 Å². The Balaban J connectivity index is 1.84. The van der Waals surface area contributed by atoms with E-state index in [1.165, 1.54) is 38.5 Å². The molecule has 1 aliphatic carbocycles. The third kappa shape index (κ3) is 4.89. The zero-order valence-corrected chi connectivity index (χ0v) is 13.3. The maximum absolute atomic E-state index is 13.6. The lowest BCUT2D eigenvalue weighted by atomic mass is 9.79. The van der Waals surface area contributed by atoms with Crippen molar-refractivity contribution in [1.29, 1.82) is 0 Å². The van der Waals surface area contributed by atoms with Crippen LogP contribution in [0.3, 0.4) is 0 Å². The summed E-state index contributed by atoms with van der Waals surface area (Å²) in [6.07, 6.45) is 13.4. The molecule has 1 aromatic carbocycles. The quantitative estimate of drug-likeness (QED) is 0.415. The van der Waals surface area contributed by atoms with E-state index < -0.39 is 17.5 Å². The fraction of sp³-hybridized carbons (Fsp3) is 0.579. The lowest BCUT2D eigenvalue weighted by Gasteiger charge is -2.26. The summed E-state index contributed by atoms with van der Waals surface area (Å²) in [5.74, 6) is -1.59. The predicted octanol–water partition coefficient (Wildman–Crippen LogP) is 6.50. The van der Waals surface area contributed by atoms with Gasteiger partial charge in [-0.05, 0) is 43.6 Å². The van der Waals surface area contributed by atoms with Gasteiger partial charge in [-0.1, -0.05) is 44.8 Å². The number of hydrogen-bond donors (Lipinski definition) is 0. The van der Waals surface area contributed by atoms with Gasteiger partial charge in [0.25, 0.3) is 0 Å². The summed E-state index contributed by atoms with van der Waals surface area (Å²) in [7, 11) is 0. The average Bonchev–Trinajstić information content (AvgIpc) is 2.51. The van der Waals surface area contributed by atoms with Crippen molar-refractivity contribution in [2.75, 3.05) is 0 Å². The van der Waals surface area contributed by atoms with Crippen LogP contribution in [0.2, 0.25) is 0 Å². The average molecular weight is 310 g/mol. The predicted molar refractivity (Wildman–Crippen MR) is 84.9 cm³/mol. The monoisotopic (exact) mass is 310 g/mol. The molecule has 0 spiro atoms. The van der Waals surface area contributed by atoms with Gasteiger partial charge in [0.15, 0.2) is 11.6 Å². The van der Waals surface area contributed by atoms with E-state index in [9.17, 15) is 13.2 Å². The Morgan fingerprint density at radius 3 is 2.32 bits per heavy atom. The van der Waals surface area contributed by atoms with Crippen LogP contribution in [-0.4, -0.2) is 0 Å². The molecule has 0 amide bonds. The first-order valence-electron chi connectivity index (χ1n) is 8.43. The maximum Gasteiger partial charge on any atom is 0.161 e. The van der Waals surface area contributed by atoms with Gasteiger partial charge >= 0.3 is 0 Å². The Morgan fingerprint density at radius 1 is 0.955 bits per heavy atom. The van der Waals surface area contributed by atoms with Crippen molar-refractivity contribution in [3.63, 3.8) is 0 Å². The molecule has 3 heteroatoms. The summed E-state index contributed by atoms with van der Waals surface area (Å²) < 4.78 is 39.6. The van der Waals surface area contributed by atoms with Gasteiger partial charge in [-0.15, -0.1) is 0 Å². The second kappa shape index (κ2) is 8.40. The van der Waals surface area contributed by atoms with Crippen LogP contribution in [0.15, 0.2) is 18.2 Å². The SMILES string of the molecule is CCCCC[C@H]1CC[C@H](/C=C/c2cc(F)c(F)cc2F)CC1. The maximum atomic E-state index is 13.6. The molecule has 122 valence electrons. The Hall–Kier alpha value is -1.25. The lowest BCUT2D eigenvalue weighted by Crippen LogP contribution is -2.13. The van der Waals surface area contributed by atoms with Crippen LogP contribution in [0.25, 0.3) is 6.08 Å². The number of unbranched alkanes of at least 4 members (excludes halogenated alkanes) is 2. The van der Waals surface area contributed by atoms with E-state index in [0.717, 1.165) is 24.8 Å². The van der Waals surface area contributed by atoms with Crippen molar-refractivity contribution in [2.45, 2.75) is 58.3 Å². The molecule has 0 nitrogen and oxygen atoms in total. The second-order valence-electron chi connectivity index (χ2n) is 6.42. The Kier molecular flexibility index (Phi) is 6.53. The standard InChI is InChI=1S/C19H25F3/c1-2-3-4-5-14-6-8-15(9-7-14)10-11-16-12-18(21)19(22)13-17(16)20/h10-15H,2-9H2,1H3/b11-10+/t14-,15-. The second-order valence-corrected chi connectivity index (χ2v) is 6.42. The highest BCUT2D eigenvalue weighted by molar-refractivity contribution is 5.50. The fourth-order valence-corrected chi connectivity index (χ4v) is 3.26. The largest absolute Gasteiger partial charge is 0.206 e. The molecular formula is C19H25F3. The zero-order valence-electron chi connectivity index (χ0n) is 13.3. The van der Waals surface area contributed by atoms with Gasteiger partial charge < -0.3 is 0 Å². The molecule has 0 aliphatic heterocycles. The first-order chi connectivity index (χ1) is 10.6. The number of benzene rings is 1. The van der Waals surface area contributed by atoms with E-state index in [2.05, 4.69) is 6.92 Å². The molecule has 0 aromatic heterocycles. The Bertz CT molecular complexity index is 500. The molecule has 0 atom stereocenters. The van der Waals surface area contributed by atoms with Gasteiger partial charge in [0.05, 0.1) is 0 Å². The van der Waals surface area contributed by atoms with E-state index in [0.29, 0.717) is 12.0 Å². The van der Waals surface area contributed by atoms with E-state index in [-0.39, 0.29) is 5.56 Å². The highest BCUT2D eigenvalue weighted by Gasteiger charge is 2.19. The molecule has 0 radical (unpaired) electrons. The molecule has 2 rings (SSSR count). The van der Waals surface area contributed by atoms with Crippen molar-refractivity contribution in [2.24, 2.45) is 11.8 Å². The Morgan fingerprint density at radius 2 is 1.64 bits per heavy atom. The molecule has 0 bridgehead atoms. The summed E-state index contributed by atoms with van der Waals surface area (Å²) in [5.41, 5.74) is 0.129. The van der Waals surface area contributed by atoms with Crippen molar-refractivity contribution in [3.8, 4) is 0 Å². The fourth-order valence-electron chi connectivity index (χ4n) is 3.26. The van der Waals surface area contributed by atoms with Crippen LogP contribution >= 0.6 is 0 Å². The van der Waals surface area contributed by atoms with Crippen molar-refractivity contribution >= 4 is 6.08 Å². The third-order valence-electron chi connectivity index (χ3n) is 4.69. The van der Waals surface area contributed by atoms with E-state index in [1.807, 2.05) is 6.08 Å². The Labute approximate surface area is 131 Å². The molecule has 0 unspecified atom stereocenters. The minimum atomic E-state index is -1.14. The minimum Gasteiger partial charge on any atom is -0.206 e. The molecule has 1 fully saturated rings. The molecule has 1 aliphatic rings. The topological polar surface area (TPSA) is 0 Å². The van der Waals surface area contributed by atoms with Gasteiger partial charge in [0.2, 0.25) is 0 Å². The van der Waals surface area contributed by atoms with Crippen LogP contribution in [-0.2, 0) is 0 Å². The smallest absolute Gasteiger partial charge is 0.161 e. The lowest BCUT2D eigenvalue weighted by molar-refractivity contribution is 0.290.